The Bertz CT molecular complexity index is 842. The molecule has 3 rings (SSSR count). The van der Waals surface area contributed by atoms with Crippen molar-refractivity contribution in [1.29, 1.82) is 0 Å². The van der Waals surface area contributed by atoms with Crippen molar-refractivity contribution in [3.8, 4) is 0 Å². The molecule has 26 heavy (non-hydrogen) atoms. The molecule has 0 saturated carbocycles. The van der Waals surface area contributed by atoms with Crippen LogP contribution in [0.1, 0.15) is 24.2 Å². The number of carbonyl (C=O) groups is 1. The summed E-state index contributed by atoms with van der Waals surface area (Å²) in [5.74, 6) is -0.336. The standard InChI is InChI=1S/C17H19F3N4O2/c1-12-21-24(16(26)23(12)10-13-6-3-2-4-7-13)11-15(25)22-9-5-8-14(22)17(18,19)20/h2-4,6-7,14H,5,8-11H2,1H3/t14-/m1/s1. The van der Waals surface area contributed by atoms with Crippen molar-refractivity contribution in [2.24, 2.45) is 0 Å². The van der Waals surface area contributed by atoms with E-state index in [0.29, 0.717) is 12.2 Å². The van der Waals surface area contributed by atoms with E-state index in [4.69, 9.17) is 0 Å². The van der Waals surface area contributed by atoms with Gasteiger partial charge in [0.2, 0.25) is 5.91 Å². The number of alkyl halides is 3. The van der Waals surface area contributed by atoms with Gasteiger partial charge in [-0.05, 0) is 25.3 Å². The average molecular weight is 368 g/mol. The summed E-state index contributed by atoms with van der Waals surface area (Å²) in [6.45, 7) is 1.46. The zero-order valence-corrected chi connectivity index (χ0v) is 14.2. The first kappa shape index (κ1) is 18.2. The summed E-state index contributed by atoms with van der Waals surface area (Å²) in [5.41, 5.74) is 0.378. The summed E-state index contributed by atoms with van der Waals surface area (Å²) in [6.07, 6.45) is -4.27. The molecule has 0 aliphatic carbocycles. The lowest BCUT2D eigenvalue weighted by Gasteiger charge is -2.26. The molecule has 9 heteroatoms. The number of aromatic nitrogens is 3. The number of halogens is 3. The Morgan fingerprint density at radius 2 is 1.96 bits per heavy atom. The third kappa shape index (κ3) is 3.66. The van der Waals surface area contributed by atoms with E-state index in [1.807, 2.05) is 30.3 Å². The Morgan fingerprint density at radius 3 is 2.62 bits per heavy atom. The third-order valence-electron chi connectivity index (χ3n) is 4.53. The van der Waals surface area contributed by atoms with Crippen LogP contribution in [0, 0.1) is 6.92 Å². The van der Waals surface area contributed by atoms with E-state index in [0.717, 1.165) is 15.1 Å². The van der Waals surface area contributed by atoms with Crippen LogP contribution in [0.3, 0.4) is 0 Å². The highest BCUT2D eigenvalue weighted by molar-refractivity contribution is 5.76. The Labute approximate surface area is 147 Å². The predicted octanol–water partition coefficient (Wildman–Crippen LogP) is 1.95. The molecule has 0 bridgehead atoms. The molecule has 140 valence electrons. The molecule has 1 amide bonds. The first-order valence-corrected chi connectivity index (χ1v) is 8.31. The minimum absolute atomic E-state index is 0.0431. The second-order valence-corrected chi connectivity index (χ2v) is 6.35. The van der Waals surface area contributed by atoms with Gasteiger partial charge in [-0.15, -0.1) is 0 Å². The van der Waals surface area contributed by atoms with Crippen LogP contribution in [-0.4, -0.2) is 43.9 Å². The quantitative estimate of drug-likeness (QED) is 0.829. The molecule has 2 heterocycles. The molecule has 1 aliphatic rings. The molecule has 1 saturated heterocycles. The van der Waals surface area contributed by atoms with E-state index in [9.17, 15) is 22.8 Å². The molecular weight excluding hydrogens is 349 g/mol. The lowest BCUT2D eigenvalue weighted by Crippen LogP contribution is -2.46. The minimum atomic E-state index is -4.46. The van der Waals surface area contributed by atoms with Crippen LogP contribution in [0.5, 0.6) is 0 Å². The normalized spacial score (nSPS) is 17.7. The second kappa shape index (κ2) is 6.97. The largest absolute Gasteiger partial charge is 0.408 e. The van der Waals surface area contributed by atoms with Gasteiger partial charge in [0.15, 0.2) is 0 Å². The van der Waals surface area contributed by atoms with E-state index in [1.165, 1.54) is 4.57 Å². The number of hydrogen-bond acceptors (Lipinski definition) is 3. The summed E-state index contributed by atoms with van der Waals surface area (Å²) >= 11 is 0. The Balaban J connectivity index is 1.77. The van der Waals surface area contributed by atoms with Crippen LogP contribution < -0.4 is 5.69 Å². The fourth-order valence-electron chi connectivity index (χ4n) is 3.22. The predicted molar refractivity (Wildman–Crippen MR) is 87.6 cm³/mol. The van der Waals surface area contributed by atoms with Gasteiger partial charge in [-0.3, -0.25) is 9.36 Å². The highest BCUT2D eigenvalue weighted by Gasteiger charge is 2.47. The topological polar surface area (TPSA) is 60.1 Å². The van der Waals surface area contributed by atoms with E-state index < -0.39 is 30.4 Å². The first-order valence-electron chi connectivity index (χ1n) is 8.31. The molecule has 1 fully saturated rings. The molecule has 2 aromatic rings. The average Bonchev–Trinajstić information content (AvgIpc) is 3.17. The van der Waals surface area contributed by atoms with Crippen LogP contribution in [0.15, 0.2) is 35.1 Å². The number of amides is 1. The molecule has 6 nitrogen and oxygen atoms in total. The van der Waals surface area contributed by atoms with Crippen molar-refractivity contribution in [3.05, 3.63) is 52.2 Å². The molecule has 0 radical (unpaired) electrons. The number of nitrogens with zero attached hydrogens (tertiary/aromatic N) is 4. The van der Waals surface area contributed by atoms with Gasteiger partial charge in [0.25, 0.3) is 0 Å². The van der Waals surface area contributed by atoms with E-state index in [2.05, 4.69) is 5.10 Å². The van der Waals surface area contributed by atoms with Crippen LogP contribution in [0.2, 0.25) is 0 Å². The van der Waals surface area contributed by atoms with Crippen molar-refractivity contribution in [2.75, 3.05) is 6.54 Å². The zero-order chi connectivity index (χ0) is 18.9. The Hall–Kier alpha value is -2.58. The van der Waals surface area contributed by atoms with Crippen molar-refractivity contribution in [3.63, 3.8) is 0 Å². The number of rotatable bonds is 4. The second-order valence-electron chi connectivity index (χ2n) is 6.35. The lowest BCUT2D eigenvalue weighted by atomic mass is 10.2. The summed E-state index contributed by atoms with van der Waals surface area (Å²) in [4.78, 5) is 25.6. The van der Waals surface area contributed by atoms with Gasteiger partial charge >= 0.3 is 11.9 Å². The van der Waals surface area contributed by atoms with Crippen molar-refractivity contribution in [2.45, 2.75) is 45.1 Å². The molecule has 1 atom stereocenters. The number of benzene rings is 1. The van der Waals surface area contributed by atoms with E-state index in [-0.39, 0.29) is 19.5 Å². The highest BCUT2D eigenvalue weighted by Crippen LogP contribution is 2.32. The van der Waals surface area contributed by atoms with Gasteiger partial charge in [0.1, 0.15) is 18.4 Å². The highest BCUT2D eigenvalue weighted by atomic mass is 19.4. The van der Waals surface area contributed by atoms with Gasteiger partial charge in [-0.1, -0.05) is 30.3 Å². The summed E-state index contributed by atoms with van der Waals surface area (Å²) in [6, 6.07) is 7.47. The summed E-state index contributed by atoms with van der Waals surface area (Å²) in [5, 5.41) is 4.04. The fraction of sp³-hybridized carbons (Fsp3) is 0.471. The first-order chi connectivity index (χ1) is 12.3. The number of carbonyl (C=O) groups excluding carboxylic acids is 1. The number of hydrogen-bond donors (Lipinski definition) is 0. The third-order valence-corrected chi connectivity index (χ3v) is 4.53. The zero-order valence-electron chi connectivity index (χ0n) is 14.2. The Kier molecular flexibility index (Phi) is 4.88. The van der Waals surface area contributed by atoms with E-state index >= 15 is 0 Å². The van der Waals surface area contributed by atoms with Gasteiger partial charge in [0.05, 0.1) is 6.54 Å². The number of aryl methyl sites for hydroxylation is 1. The maximum atomic E-state index is 13.0. The van der Waals surface area contributed by atoms with E-state index in [1.54, 1.807) is 6.92 Å². The fourth-order valence-corrected chi connectivity index (χ4v) is 3.22. The Morgan fingerprint density at radius 1 is 1.27 bits per heavy atom. The monoisotopic (exact) mass is 368 g/mol. The molecule has 1 aromatic heterocycles. The SMILES string of the molecule is Cc1nn(CC(=O)N2CCC[C@@H]2C(F)(F)F)c(=O)n1Cc1ccccc1. The summed E-state index contributed by atoms with van der Waals surface area (Å²) < 4.78 is 41.4. The van der Waals surface area contributed by atoms with Crippen LogP contribution in [0.25, 0.3) is 0 Å². The van der Waals surface area contributed by atoms with Gasteiger partial charge in [0, 0.05) is 6.54 Å². The van der Waals surface area contributed by atoms with Gasteiger partial charge in [-0.25, -0.2) is 9.48 Å². The van der Waals surface area contributed by atoms with Gasteiger partial charge in [-0.2, -0.15) is 18.3 Å². The van der Waals surface area contributed by atoms with Gasteiger partial charge < -0.3 is 4.90 Å². The molecular formula is C17H19F3N4O2. The maximum absolute atomic E-state index is 13.0. The van der Waals surface area contributed by atoms with Crippen molar-refractivity contribution < 1.29 is 18.0 Å². The van der Waals surface area contributed by atoms with Crippen LogP contribution in [-0.2, 0) is 17.9 Å². The molecule has 0 unspecified atom stereocenters. The molecule has 0 N–H and O–H groups in total. The van der Waals surface area contributed by atoms with Crippen LogP contribution >= 0.6 is 0 Å². The summed E-state index contributed by atoms with van der Waals surface area (Å²) in [7, 11) is 0. The molecule has 1 aromatic carbocycles. The number of likely N-dealkylation sites (tertiary alicyclic amines) is 1. The maximum Gasteiger partial charge on any atom is 0.408 e. The lowest BCUT2D eigenvalue weighted by molar-refractivity contribution is -0.183. The van der Waals surface area contributed by atoms with Crippen molar-refractivity contribution >= 4 is 5.91 Å². The van der Waals surface area contributed by atoms with Crippen LogP contribution in [0.4, 0.5) is 13.2 Å². The smallest absolute Gasteiger partial charge is 0.329 e. The molecule has 1 aliphatic heterocycles. The molecule has 0 spiro atoms. The minimum Gasteiger partial charge on any atom is -0.329 e. The van der Waals surface area contributed by atoms with Crippen molar-refractivity contribution in [1.82, 2.24) is 19.2 Å².